The third-order valence-electron chi connectivity index (χ3n) is 4.81. The number of morpholine rings is 1. The molecular formula is C21H25N5O3. The predicted molar refractivity (Wildman–Crippen MR) is 111 cm³/mol. The maximum atomic E-state index is 6.01. The lowest BCUT2D eigenvalue weighted by Crippen LogP contribution is -2.37. The molecule has 0 unspecified atom stereocenters. The fourth-order valence-electron chi connectivity index (χ4n) is 3.29. The molecule has 8 nitrogen and oxygen atoms in total. The van der Waals surface area contributed by atoms with Gasteiger partial charge in [-0.1, -0.05) is 6.07 Å². The minimum atomic E-state index is 0.614. The summed E-state index contributed by atoms with van der Waals surface area (Å²) in [6.45, 7) is 5.22. The smallest absolute Gasteiger partial charge is 0.163 e. The highest BCUT2D eigenvalue weighted by Crippen LogP contribution is 2.34. The number of fused-ring (bicyclic) bond motifs is 1. The lowest BCUT2D eigenvalue weighted by Gasteiger charge is -2.26. The van der Waals surface area contributed by atoms with Crippen LogP contribution in [0.25, 0.3) is 10.9 Å². The maximum Gasteiger partial charge on any atom is 0.163 e. The SMILES string of the molecule is COc1cc2c(Nc3ccccn3)ncnc2cc1OCCCN1CCOCC1. The van der Waals surface area contributed by atoms with Crippen LogP contribution < -0.4 is 14.8 Å². The molecule has 0 amide bonds. The van der Waals surface area contributed by atoms with E-state index in [4.69, 9.17) is 14.2 Å². The van der Waals surface area contributed by atoms with Crippen LogP contribution >= 0.6 is 0 Å². The Hall–Kier alpha value is -2.97. The molecule has 1 aliphatic rings. The quantitative estimate of drug-likeness (QED) is 0.583. The molecule has 0 bridgehead atoms. The fourth-order valence-corrected chi connectivity index (χ4v) is 3.29. The van der Waals surface area contributed by atoms with Crippen molar-refractivity contribution in [1.82, 2.24) is 19.9 Å². The van der Waals surface area contributed by atoms with Crippen LogP contribution in [0, 0.1) is 0 Å². The second kappa shape index (κ2) is 9.49. The summed E-state index contributed by atoms with van der Waals surface area (Å²) in [7, 11) is 1.64. The molecule has 152 valence electrons. The van der Waals surface area contributed by atoms with Crippen LogP contribution in [0.5, 0.6) is 11.5 Å². The molecule has 2 aromatic heterocycles. The van der Waals surface area contributed by atoms with Gasteiger partial charge in [0, 0.05) is 37.3 Å². The molecule has 1 fully saturated rings. The molecule has 0 atom stereocenters. The van der Waals surface area contributed by atoms with Crippen molar-refractivity contribution in [3.63, 3.8) is 0 Å². The van der Waals surface area contributed by atoms with Gasteiger partial charge in [0.2, 0.25) is 0 Å². The molecule has 1 N–H and O–H groups in total. The normalized spacial score (nSPS) is 14.7. The molecule has 1 aromatic carbocycles. The molecule has 1 aliphatic heterocycles. The molecule has 3 heterocycles. The Morgan fingerprint density at radius 2 is 2.00 bits per heavy atom. The molecule has 8 heteroatoms. The first kappa shape index (κ1) is 19.4. The summed E-state index contributed by atoms with van der Waals surface area (Å²) >= 11 is 0. The van der Waals surface area contributed by atoms with Gasteiger partial charge >= 0.3 is 0 Å². The Bertz CT molecular complexity index is 932. The number of nitrogens with zero attached hydrogens (tertiary/aromatic N) is 4. The van der Waals surface area contributed by atoms with Crippen LogP contribution in [0.15, 0.2) is 42.9 Å². The van der Waals surface area contributed by atoms with E-state index in [0.717, 1.165) is 56.0 Å². The van der Waals surface area contributed by atoms with E-state index in [1.165, 1.54) is 6.33 Å². The molecule has 1 saturated heterocycles. The lowest BCUT2D eigenvalue weighted by atomic mass is 10.2. The minimum Gasteiger partial charge on any atom is -0.493 e. The maximum absolute atomic E-state index is 6.01. The number of hydrogen-bond acceptors (Lipinski definition) is 8. The minimum absolute atomic E-state index is 0.614. The summed E-state index contributed by atoms with van der Waals surface area (Å²) in [5, 5.41) is 4.08. The number of ether oxygens (including phenoxy) is 3. The summed E-state index contributed by atoms with van der Waals surface area (Å²) in [4.78, 5) is 15.4. The van der Waals surface area contributed by atoms with Crippen molar-refractivity contribution < 1.29 is 14.2 Å². The number of aromatic nitrogens is 3. The standard InChI is InChI=1S/C21H25N5O3/c1-27-18-13-16-17(23-15-24-21(16)25-20-5-2-3-6-22-20)14-19(18)29-10-4-7-26-8-11-28-12-9-26/h2-3,5-6,13-15H,4,7-12H2,1H3,(H,22,23,24,25). The predicted octanol–water partition coefficient (Wildman–Crippen LogP) is 2.88. The largest absolute Gasteiger partial charge is 0.493 e. The Morgan fingerprint density at radius 3 is 2.79 bits per heavy atom. The monoisotopic (exact) mass is 395 g/mol. The highest BCUT2D eigenvalue weighted by atomic mass is 16.5. The Labute approximate surface area is 169 Å². The van der Waals surface area contributed by atoms with Crippen molar-refractivity contribution in [2.45, 2.75) is 6.42 Å². The molecule has 0 radical (unpaired) electrons. The Kier molecular flexibility index (Phi) is 6.33. The molecule has 29 heavy (non-hydrogen) atoms. The average Bonchev–Trinajstić information content (AvgIpc) is 2.78. The second-order valence-corrected chi connectivity index (χ2v) is 6.74. The van der Waals surface area contributed by atoms with Crippen LogP contribution in [-0.2, 0) is 4.74 Å². The molecule has 0 aliphatic carbocycles. The summed E-state index contributed by atoms with van der Waals surface area (Å²) in [5.41, 5.74) is 0.780. The van der Waals surface area contributed by atoms with Crippen molar-refractivity contribution in [3.05, 3.63) is 42.9 Å². The zero-order chi connectivity index (χ0) is 19.9. The molecule has 4 rings (SSSR count). The van der Waals surface area contributed by atoms with E-state index in [1.54, 1.807) is 13.3 Å². The molecule has 3 aromatic rings. The zero-order valence-electron chi connectivity index (χ0n) is 16.5. The number of benzene rings is 1. The summed E-state index contributed by atoms with van der Waals surface area (Å²) in [5.74, 6) is 2.73. The lowest BCUT2D eigenvalue weighted by molar-refractivity contribution is 0.0357. The van der Waals surface area contributed by atoms with Gasteiger partial charge in [0.25, 0.3) is 0 Å². The summed E-state index contributed by atoms with van der Waals surface area (Å²) in [6.07, 6.45) is 4.20. The zero-order valence-corrected chi connectivity index (χ0v) is 16.5. The van der Waals surface area contributed by atoms with Crippen molar-refractivity contribution in [2.24, 2.45) is 0 Å². The third-order valence-corrected chi connectivity index (χ3v) is 4.81. The van der Waals surface area contributed by atoms with Crippen molar-refractivity contribution in [2.75, 3.05) is 51.9 Å². The highest BCUT2D eigenvalue weighted by molar-refractivity contribution is 5.92. The van der Waals surface area contributed by atoms with Gasteiger partial charge < -0.3 is 19.5 Å². The van der Waals surface area contributed by atoms with E-state index in [0.29, 0.717) is 23.9 Å². The van der Waals surface area contributed by atoms with Gasteiger partial charge in [-0.05, 0) is 24.6 Å². The van der Waals surface area contributed by atoms with E-state index in [1.807, 2.05) is 30.3 Å². The van der Waals surface area contributed by atoms with Gasteiger partial charge in [-0.3, -0.25) is 4.90 Å². The van der Waals surface area contributed by atoms with Gasteiger partial charge in [-0.2, -0.15) is 0 Å². The first-order valence-corrected chi connectivity index (χ1v) is 9.77. The van der Waals surface area contributed by atoms with Crippen LogP contribution in [0.1, 0.15) is 6.42 Å². The van der Waals surface area contributed by atoms with Gasteiger partial charge in [0.15, 0.2) is 11.5 Å². The van der Waals surface area contributed by atoms with Crippen LogP contribution in [-0.4, -0.2) is 66.4 Å². The molecule has 0 spiro atoms. The van der Waals surface area contributed by atoms with E-state index < -0.39 is 0 Å². The van der Waals surface area contributed by atoms with E-state index >= 15 is 0 Å². The van der Waals surface area contributed by atoms with Crippen LogP contribution in [0.4, 0.5) is 11.6 Å². The second-order valence-electron chi connectivity index (χ2n) is 6.74. The third kappa shape index (κ3) is 4.90. The number of rotatable bonds is 8. The van der Waals surface area contributed by atoms with Crippen LogP contribution in [0.3, 0.4) is 0 Å². The van der Waals surface area contributed by atoms with Gasteiger partial charge in [-0.15, -0.1) is 0 Å². The number of nitrogens with one attached hydrogen (secondary N) is 1. The average molecular weight is 395 g/mol. The Balaban J connectivity index is 1.46. The van der Waals surface area contributed by atoms with Gasteiger partial charge in [-0.25, -0.2) is 15.0 Å². The van der Waals surface area contributed by atoms with E-state index in [-0.39, 0.29) is 0 Å². The number of hydrogen-bond donors (Lipinski definition) is 1. The first-order chi connectivity index (χ1) is 14.3. The van der Waals surface area contributed by atoms with E-state index in [9.17, 15) is 0 Å². The van der Waals surface area contributed by atoms with Crippen molar-refractivity contribution in [3.8, 4) is 11.5 Å². The molecule has 0 saturated carbocycles. The van der Waals surface area contributed by atoms with Gasteiger partial charge in [0.1, 0.15) is 18.0 Å². The van der Waals surface area contributed by atoms with E-state index in [2.05, 4.69) is 25.2 Å². The van der Waals surface area contributed by atoms with Crippen molar-refractivity contribution in [1.29, 1.82) is 0 Å². The summed E-state index contributed by atoms with van der Waals surface area (Å²) in [6, 6.07) is 9.47. The number of methoxy groups -OCH3 is 1. The Morgan fingerprint density at radius 1 is 1.10 bits per heavy atom. The fraction of sp³-hybridized carbons (Fsp3) is 0.381. The topological polar surface area (TPSA) is 81.6 Å². The number of pyridine rings is 1. The molecular weight excluding hydrogens is 370 g/mol. The number of anilines is 2. The van der Waals surface area contributed by atoms with Crippen LogP contribution in [0.2, 0.25) is 0 Å². The highest BCUT2D eigenvalue weighted by Gasteiger charge is 2.13. The van der Waals surface area contributed by atoms with Gasteiger partial charge in [0.05, 0.1) is 32.4 Å². The van der Waals surface area contributed by atoms with Crippen molar-refractivity contribution >= 4 is 22.5 Å². The summed E-state index contributed by atoms with van der Waals surface area (Å²) < 4.78 is 16.9. The first-order valence-electron chi connectivity index (χ1n) is 9.77.